The van der Waals surface area contributed by atoms with Crippen LogP contribution in [0.3, 0.4) is 0 Å². The quantitative estimate of drug-likeness (QED) is 0.577. The Balaban J connectivity index is 2.23. The van der Waals surface area contributed by atoms with E-state index in [0.29, 0.717) is 24.4 Å². The molecule has 8 nitrogen and oxygen atoms in total. The van der Waals surface area contributed by atoms with E-state index in [0.717, 1.165) is 25.9 Å². The molecule has 0 amide bonds. The SMILES string of the molecule is CCOC(=O)c1[nH]c(C)c(S(=O)(=O)NCC2(COC)CCNCC2)c1C. The number of methoxy groups -OCH3 is 1. The van der Waals surface area contributed by atoms with Crippen molar-refractivity contribution in [3.05, 3.63) is 17.0 Å². The number of aromatic amines is 1. The van der Waals surface area contributed by atoms with Crippen LogP contribution in [0.5, 0.6) is 0 Å². The van der Waals surface area contributed by atoms with E-state index in [4.69, 9.17) is 9.47 Å². The molecule has 0 aliphatic carbocycles. The highest BCUT2D eigenvalue weighted by atomic mass is 32.2. The van der Waals surface area contributed by atoms with Crippen LogP contribution in [0.4, 0.5) is 0 Å². The summed E-state index contributed by atoms with van der Waals surface area (Å²) in [5, 5.41) is 3.28. The van der Waals surface area contributed by atoms with Crippen molar-refractivity contribution in [2.75, 3.05) is 40.0 Å². The molecule has 3 N–H and O–H groups in total. The van der Waals surface area contributed by atoms with Crippen LogP contribution in [-0.2, 0) is 19.5 Å². The summed E-state index contributed by atoms with van der Waals surface area (Å²) < 4.78 is 38.9. The van der Waals surface area contributed by atoms with E-state index >= 15 is 0 Å². The van der Waals surface area contributed by atoms with Crippen LogP contribution in [-0.4, -0.2) is 59.3 Å². The maximum atomic E-state index is 12.9. The minimum absolute atomic E-state index is 0.113. The van der Waals surface area contributed by atoms with Gasteiger partial charge in [-0.05, 0) is 46.7 Å². The lowest BCUT2D eigenvalue weighted by atomic mass is 9.80. The summed E-state index contributed by atoms with van der Waals surface area (Å²) >= 11 is 0. The van der Waals surface area contributed by atoms with Gasteiger partial charge < -0.3 is 19.8 Å². The molecule has 1 fully saturated rings. The molecule has 1 aromatic heterocycles. The number of nitrogens with one attached hydrogen (secondary N) is 3. The van der Waals surface area contributed by atoms with Crippen molar-refractivity contribution in [2.24, 2.45) is 5.41 Å². The molecule has 1 aromatic rings. The third kappa shape index (κ3) is 4.46. The lowest BCUT2D eigenvalue weighted by Gasteiger charge is -2.37. The minimum Gasteiger partial charge on any atom is -0.461 e. The van der Waals surface area contributed by atoms with Crippen molar-refractivity contribution >= 4 is 16.0 Å². The molecule has 1 saturated heterocycles. The third-order valence-corrected chi connectivity index (χ3v) is 6.54. The van der Waals surface area contributed by atoms with Gasteiger partial charge in [0.05, 0.1) is 13.2 Å². The first-order valence-electron chi connectivity index (χ1n) is 8.82. The fraction of sp³-hybridized carbons (Fsp3) is 0.706. The van der Waals surface area contributed by atoms with Crippen molar-refractivity contribution in [3.63, 3.8) is 0 Å². The summed E-state index contributed by atoms with van der Waals surface area (Å²) in [4.78, 5) is 15.0. The largest absolute Gasteiger partial charge is 0.461 e. The summed E-state index contributed by atoms with van der Waals surface area (Å²) in [6.45, 7) is 7.64. The van der Waals surface area contributed by atoms with Crippen LogP contribution in [0.25, 0.3) is 0 Å². The molecular formula is C17H29N3O5S. The van der Waals surface area contributed by atoms with E-state index in [2.05, 4.69) is 15.0 Å². The first kappa shape index (κ1) is 20.9. The van der Waals surface area contributed by atoms with Crippen LogP contribution >= 0.6 is 0 Å². The summed E-state index contributed by atoms with van der Waals surface area (Å²) in [5.41, 5.74) is 0.747. The van der Waals surface area contributed by atoms with Crippen molar-refractivity contribution in [1.82, 2.24) is 15.0 Å². The van der Waals surface area contributed by atoms with E-state index in [1.165, 1.54) is 0 Å². The van der Waals surface area contributed by atoms with Crippen molar-refractivity contribution in [2.45, 2.75) is 38.5 Å². The van der Waals surface area contributed by atoms with Crippen molar-refractivity contribution in [3.8, 4) is 0 Å². The molecule has 0 atom stereocenters. The number of rotatable bonds is 8. The Morgan fingerprint density at radius 1 is 1.27 bits per heavy atom. The number of aromatic nitrogens is 1. The lowest BCUT2D eigenvalue weighted by Crippen LogP contribution is -2.47. The van der Waals surface area contributed by atoms with E-state index in [9.17, 15) is 13.2 Å². The molecule has 26 heavy (non-hydrogen) atoms. The van der Waals surface area contributed by atoms with Gasteiger partial charge in [0.2, 0.25) is 10.0 Å². The second kappa shape index (κ2) is 8.51. The number of piperidine rings is 1. The van der Waals surface area contributed by atoms with Crippen molar-refractivity contribution < 1.29 is 22.7 Å². The molecule has 0 bridgehead atoms. The number of ether oxygens (including phenoxy) is 2. The second-order valence-corrected chi connectivity index (χ2v) is 8.51. The first-order valence-corrected chi connectivity index (χ1v) is 10.3. The van der Waals surface area contributed by atoms with Crippen LogP contribution in [0.1, 0.15) is 41.5 Å². The maximum Gasteiger partial charge on any atom is 0.355 e. The van der Waals surface area contributed by atoms with Gasteiger partial charge >= 0.3 is 5.97 Å². The number of hydrogen-bond acceptors (Lipinski definition) is 6. The zero-order chi connectivity index (χ0) is 19.4. The van der Waals surface area contributed by atoms with Gasteiger partial charge in [0.25, 0.3) is 0 Å². The molecule has 9 heteroatoms. The molecule has 1 aliphatic heterocycles. The van der Waals surface area contributed by atoms with Gasteiger partial charge in [0, 0.05) is 30.3 Å². The van der Waals surface area contributed by atoms with Crippen LogP contribution in [0.2, 0.25) is 0 Å². The number of sulfonamides is 1. The molecule has 0 spiro atoms. The van der Waals surface area contributed by atoms with Crippen LogP contribution in [0, 0.1) is 19.3 Å². The molecule has 1 aliphatic rings. The molecular weight excluding hydrogens is 358 g/mol. The number of H-pyrrole nitrogens is 1. The van der Waals surface area contributed by atoms with Crippen LogP contribution in [0.15, 0.2) is 4.90 Å². The van der Waals surface area contributed by atoms with Gasteiger partial charge in [-0.3, -0.25) is 0 Å². The summed E-state index contributed by atoms with van der Waals surface area (Å²) in [6.07, 6.45) is 1.67. The van der Waals surface area contributed by atoms with Gasteiger partial charge in [-0.2, -0.15) is 0 Å². The predicted molar refractivity (Wildman–Crippen MR) is 97.8 cm³/mol. The van der Waals surface area contributed by atoms with E-state index in [1.54, 1.807) is 27.9 Å². The van der Waals surface area contributed by atoms with E-state index in [-0.39, 0.29) is 22.6 Å². The molecule has 2 rings (SSSR count). The molecule has 0 radical (unpaired) electrons. The number of carbonyl (C=O) groups is 1. The predicted octanol–water partition coefficient (Wildman–Crippen LogP) is 1.10. The normalized spacial score (nSPS) is 17.2. The minimum atomic E-state index is -3.77. The Bertz CT molecular complexity index is 730. The Kier molecular flexibility index (Phi) is 6.84. The zero-order valence-electron chi connectivity index (χ0n) is 15.9. The summed E-state index contributed by atoms with van der Waals surface area (Å²) in [5.74, 6) is -0.552. The topological polar surface area (TPSA) is 110 Å². The monoisotopic (exact) mass is 387 g/mol. The average molecular weight is 388 g/mol. The van der Waals surface area contributed by atoms with E-state index in [1.807, 2.05) is 0 Å². The smallest absolute Gasteiger partial charge is 0.355 e. The summed E-state index contributed by atoms with van der Waals surface area (Å²) in [6, 6.07) is 0. The third-order valence-electron chi connectivity index (χ3n) is 4.87. The van der Waals surface area contributed by atoms with Gasteiger partial charge in [0.1, 0.15) is 10.6 Å². The molecule has 0 aromatic carbocycles. The summed E-state index contributed by atoms with van der Waals surface area (Å²) in [7, 11) is -2.14. The maximum absolute atomic E-state index is 12.9. The zero-order valence-corrected chi connectivity index (χ0v) is 16.7. The first-order chi connectivity index (χ1) is 12.3. The second-order valence-electron chi connectivity index (χ2n) is 6.81. The Morgan fingerprint density at radius 3 is 2.50 bits per heavy atom. The molecule has 2 heterocycles. The van der Waals surface area contributed by atoms with Crippen LogP contribution < -0.4 is 10.0 Å². The number of esters is 1. The van der Waals surface area contributed by atoms with E-state index < -0.39 is 16.0 Å². The van der Waals surface area contributed by atoms with Gasteiger partial charge in [-0.15, -0.1) is 0 Å². The van der Waals surface area contributed by atoms with Gasteiger partial charge in [-0.1, -0.05) is 0 Å². The lowest BCUT2D eigenvalue weighted by molar-refractivity contribution is 0.0519. The number of carbonyl (C=O) groups excluding carboxylic acids is 1. The Morgan fingerprint density at radius 2 is 1.92 bits per heavy atom. The highest BCUT2D eigenvalue weighted by Crippen LogP contribution is 2.30. The Labute approximate surface area is 155 Å². The number of hydrogen-bond donors (Lipinski definition) is 3. The highest BCUT2D eigenvalue weighted by molar-refractivity contribution is 7.89. The standard InChI is InChI=1S/C17H29N3O5S/c1-5-25-16(21)14-12(2)15(13(3)20-14)26(22,23)19-10-17(11-24-4)6-8-18-9-7-17/h18-20H,5-11H2,1-4H3. The molecule has 0 unspecified atom stereocenters. The van der Waals surface area contributed by atoms with Gasteiger partial charge in [0.15, 0.2) is 0 Å². The fourth-order valence-electron chi connectivity index (χ4n) is 3.50. The average Bonchev–Trinajstić information content (AvgIpc) is 2.90. The highest BCUT2D eigenvalue weighted by Gasteiger charge is 2.35. The fourth-order valence-corrected chi connectivity index (χ4v) is 5.10. The van der Waals surface area contributed by atoms with Gasteiger partial charge in [-0.25, -0.2) is 17.9 Å². The Hall–Kier alpha value is -1.42. The molecule has 0 saturated carbocycles. The van der Waals surface area contributed by atoms with Crippen molar-refractivity contribution in [1.29, 1.82) is 0 Å². The number of aryl methyl sites for hydroxylation is 1. The molecule has 148 valence electrons.